The molecule has 0 amide bonds. The number of nitriles is 1. The van der Waals surface area contributed by atoms with Gasteiger partial charge in [-0.15, -0.1) is 0 Å². The molecule has 0 N–H and O–H groups in total. The van der Waals surface area contributed by atoms with Crippen LogP contribution in [0.25, 0.3) is 0 Å². The van der Waals surface area contributed by atoms with E-state index in [0.717, 1.165) is 5.56 Å². The van der Waals surface area contributed by atoms with E-state index in [2.05, 4.69) is 6.07 Å². The lowest BCUT2D eigenvalue weighted by Crippen LogP contribution is -2.18. The highest BCUT2D eigenvalue weighted by atomic mass is 32.2. The van der Waals surface area contributed by atoms with Crippen LogP contribution in [-0.2, 0) is 14.6 Å². The van der Waals surface area contributed by atoms with E-state index in [0.29, 0.717) is 18.1 Å². The van der Waals surface area contributed by atoms with E-state index < -0.39 is 26.4 Å². The predicted octanol–water partition coefficient (Wildman–Crippen LogP) is 1.47. The van der Waals surface area contributed by atoms with Gasteiger partial charge in [0.1, 0.15) is 5.41 Å². The minimum atomic E-state index is -3.37. The Balaban J connectivity index is 1.99. The number of ether oxygens (including phenoxy) is 3. The predicted molar refractivity (Wildman–Crippen MR) is 78.5 cm³/mol. The molecule has 1 aliphatic heterocycles. The zero-order valence-corrected chi connectivity index (χ0v) is 13.2. The van der Waals surface area contributed by atoms with E-state index in [1.165, 1.54) is 6.26 Å². The standard InChI is InChI=1S/C15H17NO5S/c1-3-19-8-15(7-16)13(14(15)22(2,17)18)10-4-5-11-12(6-10)21-9-20-11/h4-6,13-14H,3,8-9H2,1-2H3/t13-,14-,15-/m0/s1. The Morgan fingerprint density at radius 1 is 1.41 bits per heavy atom. The quantitative estimate of drug-likeness (QED) is 0.816. The van der Waals surface area contributed by atoms with Crippen molar-refractivity contribution >= 4 is 9.84 Å². The fourth-order valence-electron chi connectivity index (χ4n) is 3.22. The number of nitrogens with zero attached hydrogens (tertiary/aromatic N) is 1. The molecule has 6 nitrogen and oxygen atoms in total. The van der Waals surface area contributed by atoms with Gasteiger partial charge < -0.3 is 14.2 Å². The van der Waals surface area contributed by atoms with Crippen LogP contribution in [0.4, 0.5) is 0 Å². The Morgan fingerprint density at radius 2 is 2.14 bits per heavy atom. The first-order valence-corrected chi connectivity index (χ1v) is 8.97. The monoisotopic (exact) mass is 323 g/mol. The highest BCUT2D eigenvalue weighted by molar-refractivity contribution is 7.91. The fourth-order valence-corrected chi connectivity index (χ4v) is 5.07. The second kappa shape index (κ2) is 5.14. The topological polar surface area (TPSA) is 85.6 Å². The summed E-state index contributed by atoms with van der Waals surface area (Å²) in [5, 5.41) is 8.84. The molecule has 3 rings (SSSR count). The van der Waals surface area contributed by atoms with Crippen LogP contribution in [0.1, 0.15) is 18.4 Å². The van der Waals surface area contributed by atoms with Gasteiger partial charge in [0.15, 0.2) is 21.3 Å². The minimum Gasteiger partial charge on any atom is -0.454 e. The maximum atomic E-state index is 12.1. The Bertz CT molecular complexity index is 739. The van der Waals surface area contributed by atoms with Gasteiger partial charge in [-0.05, 0) is 24.6 Å². The van der Waals surface area contributed by atoms with Gasteiger partial charge >= 0.3 is 0 Å². The fraction of sp³-hybridized carbons (Fsp3) is 0.533. The van der Waals surface area contributed by atoms with Crippen LogP contribution in [0.5, 0.6) is 11.5 Å². The summed E-state index contributed by atoms with van der Waals surface area (Å²) < 4.78 is 40.1. The molecule has 0 spiro atoms. The highest BCUT2D eigenvalue weighted by Crippen LogP contribution is 2.63. The van der Waals surface area contributed by atoms with Crippen LogP contribution >= 0.6 is 0 Å². The summed E-state index contributed by atoms with van der Waals surface area (Å²) in [6.07, 6.45) is 1.17. The number of sulfone groups is 1. The van der Waals surface area contributed by atoms with Crippen molar-refractivity contribution in [2.45, 2.75) is 18.1 Å². The Morgan fingerprint density at radius 3 is 2.77 bits per heavy atom. The van der Waals surface area contributed by atoms with Gasteiger partial charge in [-0.25, -0.2) is 8.42 Å². The van der Waals surface area contributed by atoms with Crippen LogP contribution in [0.15, 0.2) is 18.2 Å². The molecule has 2 aliphatic rings. The SMILES string of the molecule is CCOC[C@@]1(C#N)[C@@H](c2ccc3c(c2)OCO3)[C@@H]1S(C)(=O)=O. The summed E-state index contributed by atoms with van der Waals surface area (Å²) in [6.45, 7) is 2.52. The van der Waals surface area contributed by atoms with E-state index in [1.807, 2.05) is 6.92 Å². The molecule has 7 heteroatoms. The largest absolute Gasteiger partial charge is 0.454 e. The van der Waals surface area contributed by atoms with Gasteiger partial charge in [-0.1, -0.05) is 6.07 Å². The van der Waals surface area contributed by atoms with Crippen molar-refractivity contribution in [1.82, 2.24) is 0 Å². The molecule has 3 atom stereocenters. The molecular weight excluding hydrogens is 306 g/mol. The molecule has 1 saturated carbocycles. The second-order valence-electron chi connectivity index (χ2n) is 5.63. The summed E-state index contributed by atoms with van der Waals surface area (Å²) >= 11 is 0. The van der Waals surface area contributed by atoms with Gasteiger partial charge in [0.05, 0.1) is 17.9 Å². The summed E-state index contributed by atoms with van der Waals surface area (Å²) in [7, 11) is -3.37. The Labute approximate surface area is 129 Å². The molecule has 0 radical (unpaired) electrons. The van der Waals surface area contributed by atoms with Crippen LogP contribution in [0, 0.1) is 16.7 Å². The van der Waals surface area contributed by atoms with Crippen molar-refractivity contribution in [2.75, 3.05) is 26.3 Å². The van der Waals surface area contributed by atoms with E-state index in [-0.39, 0.29) is 13.4 Å². The summed E-state index contributed by atoms with van der Waals surface area (Å²) in [5.41, 5.74) is -0.266. The first kappa shape index (κ1) is 15.1. The number of hydrogen-bond donors (Lipinski definition) is 0. The van der Waals surface area contributed by atoms with Gasteiger partial charge in [-0.2, -0.15) is 5.26 Å². The van der Waals surface area contributed by atoms with Crippen LogP contribution in [0.3, 0.4) is 0 Å². The van der Waals surface area contributed by atoms with E-state index in [9.17, 15) is 13.7 Å². The van der Waals surface area contributed by atoms with Crippen molar-refractivity contribution in [3.05, 3.63) is 23.8 Å². The molecule has 22 heavy (non-hydrogen) atoms. The third-order valence-corrected chi connectivity index (χ3v) is 5.84. The highest BCUT2D eigenvalue weighted by Gasteiger charge is 2.71. The zero-order chi connectivity index (χ0) is 16.0. The lowest BCUT2D eigenvalue weighted by atomic mass is 10.0. The smallest absolute Gasteiger partial charge is 0.231 e. The molecule has 1 fully saturated rings. The summed E-state index contributed by atoms with van der Waals surface area (Å²) in [4.78, 5) is 0. The van der Waals surface area contributed by atoms with Crippen molar-refractivity contribution in [3.8, 4) is 17.6 Å². The van der Waals surface area contributed by atoms with Crippen LogP contribution in [0.2, 0.25) is 0 Å². The minimum absolute atomic E-state index is 0.108. The maximum absolute atomic E-state index is 12.1. The first-order valence-electron chi connectivity index (χ1n) is 7.01. The summed E-state index contributed by atoms with van der Waals surface area (Å²) in [6, 6.07) is 7.49. The first-order chi connectivity index (χ1) is 10.4. The Kier molecular flexibility index (Phi) is 3.54. The third kappa shape index (κ3) is 2.23. The molecule has 0 saturated heterocycles. The van der Waals surface area contributed by atoms with E-state index in [4.69, 9.17) is 14.2 Å². The van der Waals surface area contributed by atoms with Gasteiger partial charge in [0, 0.05) is 18.8 Å². The maximum Gasteiger partial charge on any atom is 0.231 e. The van der Waals surface area contributed by atoms with Crippen molar-refractivity contribution in [3.63, 3.8) is 0 Å². The van der Waals surface area contributed by atoms with Crippen molar-refractivity contribution < 1.29 is 22.6 Å². The lowest BCUT2D eigenvalue weighted by Gasteiger charge is -2.09. The van der Waals surface area contributed by atoms with E-state index in [1.54, 1.807) is 18.2 Å². The number of benzene rings is 1. The van der Waals surface area contributed by atoms with Gasteiger partial charge in [0.25, 0.3) is 0 Å². The number of fused-ring (bicyclic) bond motifs is 1. The molecule has 0 bridgehead atoms. The molecular formula is C15H17NO5S. The van der Waals surface area contributed by atoms with Crippen LogP contribution in [-0.4, -0.2) is 39.9 Å². The molecule has 1 aliphatic carbocycles. The number of hydrogen-bond acceptors (Lipinski definition) is 6. The molecule has 1 heterocycles. The zero-order valence-electron chi connectivity index (χ0n) is 12.4. The molecule has 0 unspecified atom stereocenters. The Hall–Kier alpha value is -1.78. The number of rotatable bonds is 5. The molecule has 0 aromatic heterocycles. The molecule has 1 aromatic rings. The second-order valence-corrected chi connectivity index (χ2v) is 7.80. The van der Waals surface area contributed by atoms with E-state index >= 15 is 0 Å². The van der Waals surface area contributed by atoms with Crippen molar-refractivity contribution in [1.29, 1.82) is 5.26 Å². The molecule has 118 valence electrons. The van der Waals surface area contributed by atoms with Crippen molar-refractivity contribution in [2.24, 2.45) is 5.41 Å². The summed E-state index contributed by atoms with van der Waals surface area (Å²) in [5.74, 6) is 0.807. The lowest BCUT2D eigenvalue weighted by molar-refractivity contribution is 0.117. The van der Waals surface area contributed by atoms with Crippen LogP contribution < -0.4 is 9.47 Å². The average Bonchev–Trinajstić information content (AvgIpc) is 2.94. The normalized spacial score (nSPS) is 29.1. The van der Waals surface area contributed by atoms with Gasteiger partial charge in [0.2, 0.25) is 6.79 Å². The van der Waals surface area contributed by atoms with Gasteiger partial charge in [-0.3, -0.25) is 0 Å². The molecule has 1 aromatic carbocycles. The third-order valence-electron chi connectivity index (χ3n) is 4.23. The average molecular weight is 323 g/mol.